The Hall–Kier alpha value is -3.37. The van der Waals surface area contributed by atoms with Crippen molar-refractivity contribution >= 4 is 20.9 Å². The van der Waals surface area contributed by atoms with Crippen molar-refractivity contribution in [2.24, 2.45) is 0 Å². The van der Waals surface area contributed by atoms with Gasteiger partial charge in [0, 0.05) is 11.1 Å². The van der Waals surface area contributed by atoms with Gasteiger partial charge in [0.25, 0.3) is 0 Å². The minimum atomic E-state index is -3.80. The largest absolute Gasteiger partial charge is 0.497 e. The van der Waals surface area contributed by atoms with Crippen LogP contribution in [-0.4, -0.2) is 35.5 Å². The first-order valence-electron chi connectivity index (χ1n) is 8.98. The van der Waals surface area contributed by atoms with E-state index in [1.165, 1.54) is 12.1 Å². The lowest BCUT2D eigenvalue weighted by atomic mass is 10.1. The van der Waals surface area contributed by atoms with Gasteiger partial charge in [0.2, 0.25) is 10.0 Å². The van der Waals surface area contributed by atoms with E-state index >= 15 is 0 Å². The van der Waals surface area contributed by atoms with Gasteiger partial charge in [-0.3, -0.25) is 4.98 Å². The van der Waals surface area contributed by atoms with Crippen LogP contribution in [-0.2, 0) is 16.6 Å². The van der Waals surface area contributed by atoms with Crippen LogP contribution in [0.5, 0.6) is 5.75 Å². The Bertz CT molecular complexity index is 1320. The molecule has 0 amide bonds. The van der Waals surface area contributed by atoms with E-state index < -0.39 is 15.8 Å². The standard InChI is InChI=1S/C20H18FN5O3S/c1-13-9-20(18-10-16(29-2)5-8-19(18)23-13)26-12-15(24-25-26)11-22-30(27,28)17-6-3-14(21)4-7-17/h3-10,12,22H,11H2,1-2H3. The number of ether oxygens (including phenoxy) is 1. The Labute approximate surface area is 172 Å². The van der Waals surface area contributed by atoms with Crippen LogP contribution in [0.25, 0.3) is 16.6 Å². The summed E-state index contributed by atoms with van der Waals surface area (Å²) in [6.07, 6.45) is 1.64. The number of nitrogens with one attached hydrogen (secondary N) is 1. The van der Waals surface area contributed by atoms with Crippen molar-refractivity contribution in [3.8, 4) is 11.4 Å². The lowest BCUT2D eigenvalue weighted by Crippen LogP contribution is -2.23. The van der Waals surface area contributed by atoms with E-state index in [2.05, 4.69) is 20.0 Å². The van der Waals surface area contributed by atoms with Gasteiger partial charge in [0.15, 0.2) is 0 Å². The number of methoxy groups -OCH3 is 1. The number of halogens is 1. The number of aromatic nitrogens is 4. The highest BCUT2D eigenvalue weighted by molar-refractivity contribution is 7.89. The maximum atomic E-state index is 13.0. The number of pyridine rings is 1. The van der Waals surface area contributed by atoms with Crippen molar-refractivity contribution in [3.05, 3.63) is 71.9 Å². The average molecular weight is 427 g/mol. The van der Waals surface area contributed by atoms with Gasteiger partial charge in [-0.1, -0.05) is 5.21 Å². The molecule has 0 aliphatic carbocycles. The summed E-state index contributed by atoms with van der Waals surface area (Å²) in [5.41, 5.74) is 2.75. The Morgan fingerprint density at radius 2 is 1.90 bits per heavy atom. The van der Waals surface area contributed by atoms with Gasteiger partial charge in [-0.2, -0.15) is 0 Å². The average Bonchev–Trinajstić information content (AvgIpc) is 3.21. The molecule has 0 atom stereocenters. The van der Waals surface area contributed by atoms with E-state index in [1.54, 1.807) is 18.0 Å². The van der Waals surface area contributed by atoms with Crippen LogP contribution in [0, 0.1) is 12.7 Å². The molecular formula is C20H18FN5O3S. The van der Waals surface area contributed by atoms with Gasteiger partial charge in [-0.05, 0) is 55.5 Å². The SMILES string of the molecule is COc1ccc2nc(C)cc(-n3cc(CNS(=O)(=O)c4ccc(F)cc4)nn3)c2c1. The van der Waals surface area contributed by atoms with Crippen LogP contribution in [0.4, 0.5) is 4.39 Å². The summed E-state index contributed by atoms with van der Waals surface area (Å²) in [4.78, 5) is 4.49. The first kappa shape index (κ1) is 19.9. The quantitative estimate of drug-likeness (QED) is 0.508. The zero-order valence-electron chi connectivity index (χ0n) is 16.2. The first-order chi connectivity index (χ1) is 14.4. The zero-order chi connectivity index (χ0) is 21.3. The molecule has 0 fully saturated rings. The third-order valence-corrected chi connectivity index (χ3v) is 5.89. The van der Waals surface area contributed by atoms with Crippen LogP contribution in [0.15, 0.2) is 59.6 Å². The van der Waals surface area contributed by atoms with Crippen molar-refractivity contribution in [1.29, 1.82) is 0 Å². The number of hydrogen-bond donors (Lipinski definition) is 1. The first-order valence-corrected chi connectivity index (χ1v) is 10.5. The minimum Gasteiger partial charge on any atom is -0.497 e. The predicted octanol–water partition coefficient (Wildman–Crippen LogP) is 2.75. The lowest BCUT2D eigenvalue weighted by Gasteiger charge is -2.09. The Morgan fingerprint density at radius 3 is 2.63 bits per heavy atom. The molecule has 30 heavy (non-hydrogen) atoms. The summed E-state index contributed by atoms with van der Waals surface area (Å²) >= 11 is 0. The van der Waals surface area contributed by atoms with E-state index in [0.717, 1.165) is 34.4 Å². The maximum Gasteiger partial charge on any atom is 0.240 e. The van der Waals surface area contributed by atoms with Crippen molar-refractivity contribution in [2.75, 3.05) is 7.11 Å². The molecule has 2 heterocycles. The molecule has 0 aliphatic heterocycles. The van der Waals surface area contributed by atoms with E-state index in [0.29, 0.717) is 11.4 Å². The van der Waals surface area contributed by atoms with Crippen molar-refractivity contribution in [1.82, 2.24) is 24.7 Å². The molecule has 4 aromatic rings. The molecule has 10 heteroatoms. The highest BCUT2D eigenvalue weighted by Crippen LogP contribution is 2.26. The molecule has 154 valence electrons. The molecule has 0 radical (unpaired) electrons. The number of sulfonamides is 1. The number of hydrogen-bond acceptors (Lipinski definition) is 6. The summed E-state index contributed by atoms with van der Waals surface area (Å²) in [5.74, 6) is 0.176. The highest BCUT2D eigenvalue weighted by Gasteiger charge is 2.15. The van der Waals surface area contributed by atoms with Crippen molar-refractivity contribution in [3.63, 3.8) is 0 Å². The number of rotatable bonds is 6. The van der Waals surface area contributed by atoms with Crippen molar-refractivity contribution < 1.29 is 17.5 Å². The second kappa shape index (κ2) is 7.81. The molecule has 4 rings (SSSR count). The third-order valence-electron chi connectivity index (χ3n) is 4.48. The van der Waals surface area contributed by atoms with Gasteiger partial charge < -0.3 is 4.74 Å². The van der Waals surface area contributed by atoms with Gasteiger partial charge in [0.1, 0.15) is 11.6 Å². The molecule has 8 nitrogen and oxygen atoms in total. The summed E-state index contributed by atoms with van der Waals surface area (Å²) in [7, 11) is -2.21. The van der Waals surface area contributed by atoms with Crippen LogP contribution in [0.1, 0.15) is 11.4 Å². The van der Waals surface area contributed by atoms with Gasteiger partial charge >= 0.3 is 0 Å². The molecule has 0 spiro atoms. The monoisotopic (exact) mass is 427 g/mol. The van der Waals surface area contributed by atoms with Crippen LogP contribution < -0.4 is 9.46 Å². The topological polar surface area (TPSA) is 99.0 Å². The number of nitrogens with zero attached hydrogens (tertiary/aromatic N) is 4. The summed E-state index contributed by atoms with van der Waals surface area (Å²) < 4.78 is 47.1. The molecule has 0 unspecified atom stereocenters. The Balaban J connectivity index is 1.61. The van der Waals surface area contributed by atoms with Gasteiger partial charge in [-0.15, -0.1) is 5.10 Å². The van der Waals surface area contributed by atoms with Gasteiger partial charge in [-0.25, -0.2) is 22.2 Å². The number of aryl methyl sites for hydroxylation is 1. The van der Waals surface area contributed by atoms with Gasteiger partial charge in [0.05, 0.1) is 41.6 Å². The Kier molecular flexibility index (Phi) is 5.18. The highest BCUT2D eigenvalue weighted by atomic mass is 32.2. The molecule has 0 bridgehead atoms. The van der Waals surface area contributed by atoms with Crippen molar-refractivity contribution in [2.45, 2.75) is 18.4 Å². The molecule has 2 aromatic carbocycles. The fourth-order valence-electron chi connectivity index (χ4n) is 3.00. The van der Waals surface area contributed by atoms with E-state index in [4.69, 9.17) is 4.74 Å². The summed E-state index contributed by atoms with van der Waals surface area (Å²) in [6, 6.07) is 12.0. The Morgan fingerprint density at radius 1 is 1.13 bits per heavy atom. The number of benzene rings is 2. The van der Waals surface area contributed by atoms with E-state index in [-0.39, 0.29) is 11.4 Å². The molecule has 1 N–H and O–H groups in total. The van der Waals surface area contributed by atoms with Crippen LogP contribution >= 0.6 is 0 Å². The lowest BCUT2D eigenvalue weighted by molar-refractivity contribution is 0.415. The fourth-order valence-corrected chi connectivity index (χ4v) is 3.99. The fraction of sp³-hybridized carbons (Fsp3) is 0.150. The molecule has 0 saturated carbocycles. The molecule has 0 aliphatic rings. The molecular weight excluding hydrogens is 409 g/mol. The van der Waals surface area contributed by atoms with E-state index in [1.807, 2.05) is 31.2 Å². The van der Waals surface area contributed by atoms with E-state index in [9.17, 15) is 12.8 Å². The molecule has 2 aromatic heterocycles. The predicted molar refractivity (Wildman–Crippen MR) is 108 cm³/mol. The third kappa shape index (κ3) is 4.00. The van der Waals surface area contributed by atoms with Crippen LogP contribution in [0.3, 0.4) is 0 Å². The maximum absolute atomic E-state index is 13.0. The second-order valence-corrected chi connectivity index (χ2v) is 8.37. The summed E-state index contributed by atoms with van der Waals surface area (Å²) in [6.45, 7) is 1.81. The number of fused-ring (bicyclic) bond motifs is 1. The molecule has 0 saturated heterocycles. The second-order valence-electron chi connectivity index (χ2n) is 6.60. The normalized spacial score (nSPS) is 11.7. The zero-order valence-corrected chi connectivity index (χ0v) is 17.0. The van der Waals surface area contributed by atoms with Crippen LogP contribution in [0.2, 0.25) is 0 Å². The smallest absolute Gasteiger partial charge is 0.240 e. The minimum absolute atomic E-state index is 0.0286. The summed E-state index contributed by atoms with van der Waals surface area (Å²) in [5, 5.41) is 9.01.